The molecule has 0 saturated carbocycles. The van der Waals surface area contributed by atoms with Gasteiger partial charge in [-0.15, -0.1) is 5.10 Å². The van der Waals surface area contributed by atoms with E-state index in [1.165, 1.54) is 4.68 Å². The highest BCUT2D eigenvalue weighted by molar-refractivity contribution is 7.80. The van der Waals surface area contributed by atoms with Gasteiger partial charge in [-0.1, -0.05) is 29.5 Å². The van der Waals surface area contributed by atoms with Crippen LogP contribution < -0.4 is 21.6 Å². The number of benzene rings is 1. The number of alkyl halides is 1. The number of nitrogens with zero attached hydrogens (tertiary/aromatic N) is 6. The van der Waals surface area contributed by atoms with Crippen molar-refractivity contribution in [3.05, 3.63) is 36.0 Å². The molecule has 0 radical (unpaired) electrons. The van der Waals surface area contributed by atoms with E-state index in [1.807, 2.05) is 24.3 Å². The van der Waals surface area contributed by atoms with Crippen molar-refractivity contribution in [2.75, 3.05) is 13.7 Å². The van der Waals surface area contributed by atoms with E-state index in [-0.39, 0.29) is 11.7 Å². The van der Waals surface area contributed by atoms with Crippen LogP contribution >= 0.6 is 24.4 Å². The number of hydrazone groups is 3. The van der Waals surface area contributed by atoms with Gasteiger partial charge in [-0.2, -0.15) is 15.3 Å². The molecular weight excluding hydrogens is 439 g/mol. The molecule has 1 aromatic carbocycles. The molecule has 0 aliphatic heterocycles. The number of halogens is 1. The lowest BCUT2D eigenvalue weighted by molar-refractivity contribution is 0.422. The Hall–Kier alpha value is -3.32. The van der Waals surface area contributed by atoms with Gasteiger partial charge in [0.2, 0.25) is 5.11 Å². The maximum absolute atomic E-state index is 12.4. The Morgan fingerprint density at radius 3 is 2.32 bits per heavy atom. The third kappa shape index (κ3) is 8.14. The third-order valence-electron chi connectivity index (χ3n) is 3.84. The summed E-state index contributed by atoms with van der Waals surface area (Å²) in [6.45, 7) is 3.27. The van der Waals surface area contributed by atoms with Gasteiger partial charge in [0.05, 0.1) is 30.4 Å². The summed E-state index contributed by atoms with van der Waals surface area (Å²) in [7, 11) is 1.70. The standard InChI is InChI=1S/C18H23FN10S2/c1-12(22-26-17(30)20-3)13(2)23-27-18(31)25-21-10-14-4-6-15(7-5-14)16-11-29(9-8-19)28-24-16/h4-7,10-11H,8-9H2,1-3H3,(H2,20,26,30)(H2,25,27,31)/b21-10+,22-12+,23-13+. The highest BCUT2D eigenvalue weighted by Crippen LogP contribution is 2.16. The van der Waals surface area contributed by atoms with Crippen molar-refractivity contribution in [3.8, 4) is 11.3 Å². The first-order valence-electron chi connectivity index (χ1n) is 9.15. The van der Waals surface area contributed by atoms with Crippen LogP contribution in [0.15, 0.2) is 45.8 Å². The fourth-order valence-corrected chi connectivity index (χ4v) is 2.19. The quantitative estimate of drug-likeness (QED) is 0.265. The smallest absolute Gasteiger partial charge is 0.207 e. The van der Waals surface area contributed by atoms with Crippen LogP contribution in [0.2, 0.25) is 0 Å². The van der Waals surface area contributed by atoms with Crippen LogP contribution in [0.3, 0.4) is 0 Å². The molecule has 0 unspecified atom stereocenters. The van der Waals surface area contributed by atoms with Crippen molar-refractivity contribution in [1.29, 1.82) is 0 Å². The van der Waals surface area contributed by atoms with Gasteiger partial charge >= 0.3 is 0 Å². The molecule has 0 atom stereocenters. The summed E-state index contributed by atoms with van der Waals surface area (Å²) in [5.74, 6) is 0. The monoisotopic (exact) mass is 462 g/mol. The molecule has 0 bridgehead atoms. The molecule has 0 amide bonds. The molecule has 4 N–H and O–H groups in total. The summed E-state index contributed by atoms with van der Waals surface area (Å²) in [5.41, 5.74) is 11.7. The fraction of sp³-hybridized carbons (Fsp3) is 0.278. The summed E-state index contributed by atoms with van der Waals surface area (Å²) < 4.78 is 13.8. The first kappa shape index (κ1) is 24.0. The Balaban J connectivity index is 1.84. The average molecular weight is 463 g/mol. The van der Waals surface area contributed by atoms with Gasteiger partial charge in [-0.25, -0.2) is 9.07 Å². The van der Waals surface area contributed by atoms with Crippen LogP contribution in [0.25, 0.3) is 11.3 Å². The molecule has 2 rings (SSSR count). The van der Waals surface area contributed by atoms with Gasteiger partial charge in [0.1, 0.15) is 12.4 Å². The van der Waals surface area contributed by atoms with Crippen LogP contribution in [-0.4, -0.2) is 56.6 Å². The number of rotatable bonds is 8. The summed E-state index contributed by atoms with van der Waals surface area (Å²) >= 11 is 10.1. The van der Waals surface area contributed by atoms with Crippen molar-refractivity contribution in [2.24, 2.45) is 15.3 Å². The minimum atomic E-state index is -0.484. The SMILES string of the molecule is CNC(=S)N/N=C(C)/C(C)=N/NC(=S)N/N=C/c1ccc(-c2cn(CCF)nn2)cc1. The molecule has 31 heavy (non-hydrogen) atoms. The van der Waals surface area contributed by atoms with Gasteiger partial charge in [0.25, 0.3) is 0 Å². The minimum Gasteiger partial charge on any atom is -0.364 e. The Labute approximate surface area is 190 Å². The van der Waals surface area contributed by atoms with Gasteiger partial charge in [-0.3, -0.25) is 16.3 Å². The number of aromatic nitrogens is 3. The molecule has 164 valence electrons. The second-order valence-electron chi connectivity index (χ2n) is 6.07. The number of nitrogens with one attached hydrogen (secondary N) is 4. The van der Waals surface area contributed by atoms with Crippen molar-refractivity contribution < 1.29 is 4.39 Å². The predicted molar refractivity (Wildman–Crippen MR) is 129 cm³/mol. The largest absolute Gasteiger partial charge is 0.364 e. The van der Waals surface area contributed by atoms with Crippen LogP contribution in [-0.2, 0) is 6.54 Å². The Bertz CT molecular complexity index is 981. The Morgan fingerprint density at radius 2 is 1.71 bits per heavy atom. The van der Waals surface area contributed by atoms with Gasteiger partial charge in [0.15, 0.2) is 5.11 Å². The zero-order valence-corrected chi connectivity index (χ0v) is 18.9. The van der Waals surface area contributed by atoms with Gasteiger partial charge in [0, 0.05) is 12.6 Å². The van der Waals surface area contributed by atoms with Crippen LogP contribution in [0.4, 0.5) is 4.39 Å². The van der Waals surface area contributed by atoms with E-state index < -0.39 is 6.67 Å². The van der Waals surface area contributed by atoms with Crippen LogP contribution in [0, 0.1) is 0 Å². The lowest BCUT2D eigenvalue weighted by Crippen LogP contribution is -2.31. The van der Waals surface area contributed by atoms with E-state index in [2.05, 4.69) is 47.2 Å². The highest BCUT2D eigenvalue weighted by Gasteiger charge is 2.03. The predicted octanol–water partition coefficient (Wildman–Crippen LogP) is 1.56. The zero-order valence-electron chi connectivity index (χ0n) is 17.3. The van der Waals surface area contributed by atoms with E-state index in [9.17, 15) is 4.39 Å². The summed E-state index contributed by atoms with van der Waals surface area (Å²) in [6, 6.07) is 7.50. The minimum absolute atomic E-state index is 0.189. The normalized spacial score (nSPS) is 12.0. The lowest BCUT2D eigenvalue weighted by Gasteiger charge is -2.05. The van der Waals surface area contributed by atoms with E-state index in [0.29, 0.717) is 22.2 Å². The molecule has 0 spiro atoms. The van der Waals surface area contributed by atoms with Gasteiger partial charge in [-0.05, 0) is 43.8 Å². The van der Waals surface area contributed by atoms with Crippen molar-refractivity contribution in [1.82, 2.24) is 36.6 Å². The summed E-state index contributed by atoms with van der Waals surface area (Å²) in [6.07, 6.45) is 3.32. The summed E-state index contributed by atoms with van der Waals surface area (Å²) in [5, 5.41) is 23.6. The van der Waals surface area contributed by atoms with Crippen molar-refractivity contribution in [3.63, 3.8) is 0 Å². The van der Waals surface area contributed by atoms with Crippen LogP contribution in [0.1, 0.15) is 19.4 Å². The molecule has 2 aromatic rings. The molecule has 0 saturated heterocycles. The zero-order chi connectivity index (χ0) is 22.6. The first-order chi connectivity index (χ1) is 14.9. The van der Waals surface area contributed by atoms with Gasteiger partial charge < -0.3 is 5.32 Å². The topological polar surface area (TPSA) is 116 Å². The molecule has 10 nitrogen and oxygen atoms in total. The van der Waals surface area contributed by atoms with Crippen LogP contribution in [0.5, 0.6) is 0 Å². The van der Waals surface area contributed by atoms with E-state index >= 15 is 0 Å². The van der Waals surface area contributed by atoms with Crippen molar-refractivity contribution in [2.45, 2.75) is 20.4 Å². The number of thiocarbonyl (C=S) groups is 2. The molecule has 0 aliphatic rings. The molecule has 0 fully saturated rings. The molecule has 1 aromatic heterocycles. The highest BCUT2D eigenvalue weighted by atomic mass is 32.1. The molecule has 1 heterocycles. The Morgan fingerprint density at radius 1 is 1.06 bits per heavy atom. The Kier molecular flexibility index (Phi) is 9.58. The maximum Gasteiger partial charge on any atom is 0.207 e. The number of aryl methyl sites for hydroxylation is 1. The summed E-state index contributed by atoms with van der Waals surface area (Å²) in [4.78, 5) is 0. The fourth-order valence-electron chi connectivity index (χ4n) is 2.04. The van der Waals surface area contributed by atoms with E-state index in [4.69, 9.17) is 24.4 Å². The second-order valence-corrected chi connectivity index (χ2v) is 6.89. The van der Waals surface area contributed by atoms with Crippen molar-refractivity contribution >= 4 is 52.3 Å². The average Bonchev–Trinajstić information content (AvgIpc) is 3.24. The third-order valence-corrected chi connectivity index (χ3v) is 4.32. The lowest BCUT2D eigenvalue weighted by atomic mass is 10.1. The molecular formula is C18H23FN10S2. The van der Waals surface area contributed by atoms with E-state index in [1.54, 1.807) is 33.3 Å². The number of hydrogen-bond donors (Lipinski definition) is 4. The van der Waals surface area contributed by atoms with E-state index in [0.717, 1.165) is 11.1 Å². The number of hydrogen-bond acceptors (Lipinski definition) is 7. The first-order valence-corrected chi connectivity index (χ1v) is 9.96. The maximum atomic E-state index is 12.4. The molecule has 0 aliphatic carbocycles. The molecule has 13 heteroatoms. The second kappa shape index (κ2) is 12.4.